The monoisotopic (exact) mass is 462 g/mol. The fourth-order valence-corrected chi connectivity index (χ4v) is 3.72. The summed E-state index contributed by atoms with van der Waals surface area (Å²) in [7, 11) is 0. The predicted octanol–water partition coefficient (Wildman–Crippen LogP) is 6.67. The first-order chi connectivity index (χ1) is 14.8. The summed E-state index contributed by atoms with van der Waals surface area (Å²) in [6, 6.07) is 15.1. The fraction of sp³-hybridized carbons (Fsp3) is 0.130. The largest absolute Gasteiger partial charge is 0.435 e. The van der Waals surface area contributed by atoms with Gasteiger partial charge in [0, 0.05) is 10.8 Å². The zero-order valence-corrected chi connectivity index (χ0v) is 17.8. The molecule has 0 fully saturated rings. The van der Waals surface area contributed by atoms with Crippen molar-refractivity contribution < 1.29 is 18.0 Å². The van der Waals surface area contributed by atoms with E-state index in [4.69, 9.17) is 16.4 Å². The van der Waals surface area contributed by atoms with Crippen LogP contribution in [0.25, 0.3) is 22.5 Å². The van der Waals surface area contributed by atoms with Gasteiger partial charge in [0.15, 0.2) is 5.69 Å². The number of alkyl halides is 3. The average Bonchev–Trinajstić information content (AvgIpc) is 3.21. The number of carbonyl (C=O) groups excluding carboxylic acids is 1. The minimum Gasteiger partial charge on any atom is -0.307 e. The third-order valence-electron chi connectivity index (χ3n) is 4.64. The number of aromatic nitrogens is 2. The van der Waals surface area contributed by atoms with Gasteiger partial charge in [0.05, 0.1) is 16.4 Å². The highest BCUT2D eigenvalue weighted by atomic mass is 35.5. The molecule has 1 unspecified atom stereocenters. The third kappa shape index (κ3) is 5.11. The fourth-order valence-electron chi connectivity index (χ4n) is 3.22. The van der Waals surface area contributed by atoms with Crippen molar-refractivity contribution in [1.82, 2.24) is 9.78 Å². The lowest BCUT2D eigenvalue weighted by atomic mass is 9.98. The minimum absolute atomic E-state index is 0.158. The number of carbonyl (C=O) groups is 1. The van der Waals surface area contributed by atoms with E-state index in [1.165, 1.54) is 4.68 Å². The van der Waals surface area contributed by atoms with Gasteiger partial charge < -0.3 is 4.79 Å². The van der Waals surface area contributed by atoms with Crippen LogP contribution in [0.4, 0.5) is 13.2 Å². The zero-order valence-electron chi connectivity index (χ0n) is 16.2. The molecule has 0 N–H and O–H groups in total. The van der Waals surface area contributed by atoms with Gasteiger partial charge in [-0.2, -0.15) is 30.9 Å². The molecule has 0 saturated carbocycles. The number of para-hydroxylation sites is 1. The Morgan fingerprint density at radius 3 is 2.32 bits per heavy atom. The first kappa shape index (κ1) is 22.9. The van der Waals surface area contributed by atoms with E-state index in [0.29, 0.717) is 22.0 Å². The molecule has 0 amide bonds. The molecule has 0 saturated heterocycles. The summed E-state index contributed by atoms with van der Waals surface area (Å²) in [6.45, 7) is 2.00. The van der Waals surface area contributed by atoms with Gasteiger partial charge in [0.25, 0.3) is 0 Å². The van der Waals surface area contributed by atoms with Gasteiger partial charge in [0.2, 0.25) is 0 Å². The van der Waals surface area contributed by atoms with Gasteiger partial charge in [-0.05, 0) is 35.8 Å². The molecular formula is C23H18ClF3N2OS. The van der Waals surface area contributed by atoms with E-state index in [2.05, 4.69) is 29.9 Å². The summed E-state index contributed by atoms with van der Waals surface area (Å²) >= 11 is 10.7. The second-order valence-corrected chi connectivity index (χ2v) is 7.75. The molecule has 31 heavy (non-hydrogen) atoms. The lowest BCUT2D eigenvalue weighted by Gasteiger charge is -2.13. The number of halogens is 4. The highest BCUT2D eigenvalue weighted by Crippen LogP contribution is 2.35. The number of hydrogen-bond acceptors (Lipinski definition) is 3. The van der Waals surface area contributed by atoms with E-state index >= 15 is 0 Å². The van der Waals surface area contributed by atoms with Crippen molar-refractivity contribution >= 4 is 36.6 Å². The van der Waals surface area contributed by atoms with Crippen LogP contribution in [-0.4, -0.2) is 21.8 Å². The Morgan fingerprint density at radius 2 is 1.71 bits per heavy atom. The number of nitrogens with zero attached hydrogens (tertiary/aromatic N) is 2. The molecule has 160 valence electrons. The van der Waals surface area contributed by atoms with Crippen molar-refractivity contribution in [3.8, 4) is 16.9 Å². The Morgan fingerprint density at radius 1 is 1.06 bits per heavy atom. The van der Waals surface area contributed by atoms with Crippen LogP contribution in [0.1, 0.15) is 17.7 Å². The van der Waals surface area contributed by atoms with Gasteiger partial charge >= 0.3 is 6.18 Å². The number of rotatable bonds is 3. The molecule has 1 heterocycles. The Kier molecular flexibility index (Phi) is 7.08. The van der Waals surface area contributed by atoms with Crippen LogP contribution < -0.4 is 0 Å². The zero-order chi connectivity index (χ0) is 22.6. The molecule has 0 radical (unpaired) electrons. The summed E-state index contributed by atoms with van der Waals surface area (Å²) in [5, 5.41) is 4.26. The SMILES string of the molecule is C=O.FC(F)(F)c1cc(-c2ccc(C3=CC(S)CC=C3)cc2)n(-c2ccccc2Cl)n1. The van der Waals surface area contributed by atoms with E-state index in [1.54, 1.807) is 36.4 Å². The average molecular weight is 463 g/mol. The molecule has 1 aliphatic carbocycles. The van der Waals surface area contributed by atoms with Crippen molar-refractivity contribution in [1.29, 1.82) is 0 Å². The van der Waals surface area contributed by atoms with Crippen molar-refractivity contribution in [3.05, 3.63) is 89.1 Å². The molecule has 4 rings (SSSR count). The van der Waals surface area contributed by atoms with E-state index in [1.807, 2.05) is 25.0 Å². The van der Waals surface area contributed by atoms with Gasteiger partial charge in [-0.1, -0.05) is 66.2 Å². The van der Waals surface area contributed by atoms with Crippen LogP contribution in [0.3, 0.4) is 0 Å². The minimum atomic E-state index is -4.56. The quantitative estimate of drug-likeness (QED) is 0.441. The lowest BCUT2D eigenvalue weighted by Crippen LogP contribution is -2.07. The second-order valence-electron chi connectivity index (χ2n) is 6.68. The van der Waals surface area contributed by atoms with E-state index in [0.717, 1.165) is 23.6 Å². The summed E-state index contributed by atoms with van der Waals surface area (Å²) in [5.41, 5.74) is 2.37. The number of benzene rings is 2. The number of thiol groups is 1. The smallest absolute Gasteiger partial charge is 0.307 e. The number of hydrogen-bond donors (Lipinski definition) is 1. The Bertz CT molecular complexity index is 1120. The molecular weight excluding hydrogens is 445 g/mol. The molecule has 3 aromatic rings. The summed E-state index contributed by atoms with van der Waals surface area (Å²) < 4.78 is 41.2. The molecule has 0 spiro atoms. The van der Waals surface area contributed by atoms with E-state index in [-0.39, 0.29) is 5.25 Å². The van der Waals surface area contributed by atoms with Crippen LogP contribution in [0.2, 0.25) is 5.02 Å². The van der Waals surface area contributed by atoms with Gasteiger partial charge in [0.1, 0.15) is 6.79 Å². The summed E-state index contributed by atoms with van der Waals surface area (Å²) in [6.07, 6.45) is 2.47. The summed E-state index contributed by atoms with van der Waals surface area (Å²) in [4.78, 5) is 8.00. The topological polar surface area (TPSA) is 34.9 Å². The molecule has 0 bridgehead atoms. The standard InChI is InChI=1S/C22H16ClF3N2S.CH2O/c23-18-6-1-2-7-19(18)28-20(13-21(27-28)22(24,25)26)15-10-8-14(9-11-15)16-4-3-5-17(29)12-16;1-2/h1-4,6-13,17,29H,5H2;1H2. The molecule has 0 aliphatic heterocycles. The molecule has 3 nitrogen and oxygen atoms in total. The van der Waals surface area contributed by atoms with Crippen molar-refractivity contribution in [2.45, 2.75) is 17.8 Å². The molecule has 8 heteroatoms. The van der Waals surface area contributed by atoms with Crippen LogP contribution in [0.5, 0.6) is 0 Å². The van der Waals surface area contributed by atoms with E-state index < -0.39 is 11.9 Å². The van der Waals surface area contributed by atoms with Crippen LogP contribution >= 0.6 is 24.2 Å². The van der Waals surface area contributed by atoms with Crippen LogP contribution in [0.15, 0.2) is 72.8 Å². The van der Waals surface area contributed by atoms with Crippen molar-refractivity contribution in [3.63, 3.8) is 0 Å². The Balaban J connectivity index is 0.00000132. The second kappa shape index (κ2) is 9.58. The van der Waals surface area contributed by atoms with Crippen molar-refractivity contribution in [2.75, 3.05) is 0 Å². The van der Waals surface area contributed by atoms with E-state index in [9.17, 15) is 13.2 Å². The molecule has 2 aromatic carbocycles. The Labute approximate surface area is 188 Å². The van der Waals surface area contributed by atoms with Gasteiger partial charge in [-0.15, -0.1) is 0 Å². The lowest BCUT2D eigenvalue weighted by molar-refractivity contribution is -0.141. The highest BCUT2D eigenvalue weighted by molar-refractivity contribution is 7.81. The van der Waals surface area contributed by atoms with Crippen LogP contribution in [-0.2, 0) is 11.0 Å². The molecule has 1 atom stereocenters. The summed E-state index contributed by atoms with van der Waals surface area (Å²) in [5.74, 6) is 0. The third-order valence-corrected chi connectivity index (χ3v) is 5.32. The number of allylic oxidation sites excluding steroid dienone is 3. The van der Waals surface area contributed by atoms with Gasteiger partial charge in [-0.25, -0.2) is 4.68 Å². The Hall–Kier alpha value is -2.77. The maximum Gasteiger partial charge on any atom is 0.435 e. The first-order valence-electron chi connectivity index (χ1n) is 9.21. The molecule has 1 aromatic heterocycles. The maximum atomic E-state index is 13.3. The highest BCUT2D eigenvalue weighted by Gasteiger charge is 2.35. The van der Waals surface area contributed by atoms with Gasteiger partial charge in [-0.3, -0.25) is 0 Å². The maximum absolute atomic E-state index is 13.3. The normalized spacial score (nSPS) is 15.8. The van der Waals surface area contributed by atoms with Crippen LogP contribution in [0, 0.1) is 0 Å². The first-order valence-corrected chi connectivity index (χ1v) is 10.1. The predicted molar refractivity (Wildman–Crippen MR) is 121 cm³/mol. The van der Waals surface area contributed by atoms with Crippen molar-refractivity contribution in [2.24, 2.45) is 0 Å². The molecule has 1 aliphatic rings.